The number of fused-ring (bicyclic) bond motifs is 1. The Bertz CT molecular complexity index is 849. The standard InChI is InChI=1S/C19H20N2O3/c1-4-9-24-19-15-10-13(5-7-16(15)20-12-21-19)14-6-8-17(22-2)18(11-14)23-3/h5-8,10-12H,4,9H2,1-3H3. The van der Waals surface area contributed by atoms with Crippen LogP contribution < -0.4 is 14.2 Å². The zero-order chi connectivity index (χ0) is 16.9. The van der Waals surface area contributed by atoms with E-state index in [4.69, 9.17) is 14.2 Å². The van der Waals surface area contributed by atoms with Crippen molar-refractivity contribution in [2.45, 2.75) is 13.3 Å². The van der Waals surface area contributed by atoms with Gasteiger partial charge in [0.1, 0.15) is 6.33 Å². The van der Waals surface area contributed by atoms with Crippen molar-refractivity contribution < 1.29 is 14.2 Å². The Hall–Kier alpha value is -2.82. The van der Waals surface area contributed by atoms with Gasteiger partial charge in [-0.1, -0.05) is 19.1 Å². The van der Waals surface area contributed by atoms with Gasteiger partial charge in [0.15, 0.2) is 11.5 Å². The van der Waals surface area contributed by atoms with Gasteiger partial charge in [0.2, 0.25) is 5.88 Å². The molecule has 0 saturated carbocycles. The van der Waals surface area contributed by atoms with E-state index in [1.54, 1.807) is 14.2 Å². The number of hydrogen-bond donors (Lipinski definition) is 0. The molecule has 1 aromatic heterocycles. The van der Waals surface area contributed by atoms with E-state index >= 15 is 0 Å². The number of aromatic nitrogens is 2. The van der Waals surface area contributed by atoms with Gasteiger partial charge < -0.3 is 14.2 Å². The molecule has 2 aromatic carbocycles. The molecule has 5 nitrogen and oxygen atoms in total. The highest BCUT2D eigenvalue weighted by molar-refractivity contribution is 5.88. The van der Waals surface area contributed by atoms with Gasteiger partial charge in [0.05, 0.1) is 31.7 Å². The predicted octanol–water partition coefficient (Wildman–Crippen LogP) is 4.10. The number of hydrogen-bond acceptors (Lipinski definition) is 5. The van der Waals surface area contributed by atoms with Crippen LogP contribution in [0.4, 0.5) is 0 Å². The molecule has 0 aliphatic heterocycles. The first-order valence-electron chi connectivity index (χ1n) is 7.86. The molecule has 0 aliphatic rings. The number of benzene rings is 2. The van der Waals surface area contributed by atoms with Crippen molar-refractivity contribution in [1.82, 2.24) is 9.97 Å². The maximum Gasteiger partial charge on any atom is 0.224 e. The number of rotatable bonds is 6. The molecule has 0 amide bonds. The SMILES string of the molecule is CCCOc1ncnc2ccc(-c3ccc(OC)c(OC)c3)cc12. The number of nitrogens with zero attached hydrogens (tertiary/aromatic N) is 2. The summed E-state index contributed by atoms with van der Waals surface area (Å²) < 4.78 is 16.4. The summed E-state index contributed by atoms with van der Waals surface area (Å²) in [5.74, 6) is 2.02. The zero-order valence-electron chi connectivity index (χ0n) is 14.1. The molecule has 0 unspecified atom stereocenters. The fourth-order valence-corrected chi connectivity index (χ4v) is 2.54. The van der Waals surface area contributed by atoms with E-state index < -0.39 is 0 Å². The van der Waals surface area contributed by atoms with E-state index in [0.717, 1.165) is 28.5 Å². The summed E-state index contributed by atoms with van der Waals surface area (Å²) in [6.45, 7) is 2.70. The zero-order valence-corrected chi connectivity index (χ0v) is 14.1. The van der Waals surface area contributed by atoms with Crippen molar-refractivity contribution in [3.05, 3.63) is 42.7 Å². The van der Waals surface area contributed by atoms with E-state index in [9.17, 15) is 0 Å². The maximum atomic E-state index is 5.74. The van der Waals surface area contributed by atoms with Gasteiger partial charge in [-0.2, -0.15) is 0 Å². The second kappa shape index (κ2) is 7.17. The molecule has 124 valence electrons. The van der Waals surface area contributed by atoms with E-state index in [1.165, 1.54) is 6.33 Å². The van der Waals surface area contributed by atoms with Gasteiger partial charge >= 0.3 is 0 Å². The molecule has 0 fully saturated rings. The minimum absolute atomic E-state index is 0.615. The van der Waals surface area contributed by atoms with Crippen molar-refractivity contribution in [3.8, 4) is 28.5 Å². The molecule has 0 spiro atoms. The first kappa shape index (κ1) is 16.1. The second-order valence-electron chi connectivity index (χ2n) is 5.33. The van der Waals surface area contributed by atoms with Gasteiger partial charge in [-0.15, -0.1) is 0 Å². The first-order chi connectivity index (χ1) is 11.8. The Morgan fingerprint density at radius 3 is 2.38 bits per heavy atom. The lowest BCUT2D eigenvalue weighted by Gasteiger charge is -2.11. The van der Waals surface area contributed by atoms with Crippen molar-refractivity contribution >= 4 is 10.9 Å². The van der Waals surface area contributed by atoms with Gasteiger partial charge in [-0.05, 0) is 41.8 Å². The highest BCUT2D eigenvalue weighted by Crippen LogP contribution is 2.34. The quantitative estimate of drug-likeness (QED) is 0.683. The molecule has 24 heavy (non-hydrogen) atoms. The number of ether oxygens (including phenoxy) is 3. The molecule has 0 N–H and O–H groups in total. The van der Waals surface area contributed by atoms with Crippen molar-refractivity contribution in [1.29, 1.82) is 0 Å². The van der Waals surface area contributed by atoms with Crippen LogP contribution in [-0.4, -0.2) is 30.8 Å². The molecular formula is C19H20N2O3. The van der Waals surface area contributed by atoms with E-state index in [-0.39, 0.29) is 0 Å². The molecule has 3 aromatic rings. The van der Waals surface area contributed by atoms with Crippen LogP contribution in [-0.2, 0) is 0 Å². The largest absolute Gasteiger partial charge is 0.493 e. The molecule has 1 heterocycles. The second-order valence-corrected chi connectivity index (χ2v) is 5.33. The third-order valence-electron chi connectivity index (χ3n) is 3.76. The average molecular weight is 324 g/mol. The molecular weight excluding hydrogens is 304 g/mol. The lowest BCUT2D eigenvalue weighted by molar-refractivity contribution is 0.309. The van der Waals surface area contributed by atoms with Crippen LogP contribution in [0.3, 0.4) is 0 Å². The summed E-state index contributed by atoms with van der Waals surface area (Å²) in [6.07, 6.45) is 2.46. The fraction of sp³-hybridized carbons (Fsp3) is 0.263. The van der Waals surface area contributed by atoms with Crippen LogP contribution in [0.1, 0.15) is 13.3 Å². The summed E-state index contributed by atoms with van der Waals surface area (Å²) in [5, 5.41) is 0.901. The molecule has 3 rings (SSSR count). The number of methoxy groups -OCH3 is 2. The first-order valence-corrected chi connectivity index (χ1v) is 7.86. The van der Waals surface area contributed by atoms with Crippen LogP contribution in [0.5, 0.6) is 17.4 Å². The van der Waals surface area contributed by atoms with Gasteiger partial charge in [-0.25, -0.2) is 9.97 Å². The monoisotopic (exact) mass is 324 g/mol. The van der Waals surface area contributed by atoms with Crippen molar-refractivity contribution in [2.75, 3.05) is 20.8 Å². The molecule has 5 heteroatoms. The van der Waals surface area contributed by atoms with E-state index in [1.807, 2.05) is 36.4 Å². The minimum atomic E-state index is 0.615. The highest BCUT2D eigenvalue weighted by Gasteiger charge is 2.10. The average Bonchev–Trinajstić information content (AvgIpc) is 2.65. The summed E-state index contributed by atoms with van der Waals surface area (Å²) in [5.41, 5.74) is 2.93. The predicted molar refractivity (Wildman–Crippen MR) is 93.9 cm³/mol. The Morgan fingerprint density at radius 2 is 1.62 bits per heavy atom. The fourth-order valence-electron chi connectivity index (χ4n) is 2.54. The maximum absolute atomic E-state index is 5.74. The van der Waals surface area contributed by atoms with Crippen LogP contribution in [0.15, 0.2) is 42.7 Å². The van der Waals surface area contributed by atoms with Gasteiger partial charge in [-0.3, -0.25) is 0 Å². The molecule has 0 bridgehead atoms. The van der Waals surface area contributed by atoms with E-state index in [0.29, 0.717) is 24.0 Å². The summed E-state index contributed by atoms with van der Waals surface area (Å²) in [7, 11) is 3.26. The van der Waals surface area contributed by atoms with Crippen LogP contribution in [0.2, 0.25) is 0 Å². The lowest BCUT2D eigenvalue weighted by Crippen LogP contribution is -1.99. The highest BCUT2D eigenvalue weighted by atomic mass is 16.5. The van der Waals surface area contributed by atoms with Crippen molar-refractivity contribution in [3.63, 3.8) is 0 Å². The summed E-state index contributed by atoms with van der Waals surface area (Å²) in [4.78, 5) is 8.57. The molecule has 0 radical (unpaired) electrons. The van der Waals surface area contributed by atoms with Crippen molar-refractivity contribution in [2.24, 2.45) is 0 Å². The Balaban J connectivity index is 2.07. The van der Waals surface area contributed by atoms with E-state index in [2.05, 4.69) is 16.9 Å². The smallest absolute Gasteiger partial charge is 0.224 e. The topological polar surface area (TPSA) is 53.5 Å². The normalized spacial score (nSPS) is 10.6. The van der Waals surface area contributed by atoms with Crippen LogP contribution >= 0.6 is 0 Å². The van der Waals surface area contributed by atoms with Crippen LogP contribution in [0, 0.1) is 0 Å². The molecule has 0 saturated heterocycles. The van der Waals surface area contributed by atoms with Gasteiger partial charge in [0.25, 0.3) is 0 Å². The Labute approximate surface area is 141 Å². The lowest BCUT2D eigenvalue weighted by atomic mass is 10.0. The van der Waals surface area contributed by atoms with Gasteiger partial charge in [0, 0.05) is 0 Å². The van der Waals surface area contributed by atoms with Crippen LogP contribution in [0.25, 0.3) is 22.0 Å². The third kappa shape index (κ3) is 3.11. The molecule has 0 aliphatic carbocycles. The minimum Gasteiger partial charge on any atom is -0.493 e. The summed E-state index contributed by atoms with van der Waals surface area (Å²) in [6, 6.07) is 11.9. The summed E-state index contributed by atoms with van der Waals surface area (Å²) >= 11 is 0. The Kier molecular flexibility index (Phi) is 4.79. The third-order valence-corrected chi connectivity index (χ3v) is 3.76. The Morgan fingerprint density at radius 1 is 0.875 bits per heavy atom. The molecule has 0 atom stereocenters.